The molecule has 2 aromatic heterocycles. The highest BCUT2D eigenvalue weighted by atomic mass is 16.5. The van der Waals surface area contributed by atoms with Gasteiger partial charge in [0, 0.05) is 20.5 Å². The van der Waals surface area contributed by atoms with Gasteiger partial charge in [-0.15, -0.1) is 0 Å². The molecule has 2 heterocycles. The molecule has 0 aliphatic carbocycles. The van der Waals surface area contributed by atoms with Crippen LogP contribution in [0.25, 0.3) is 0 Å². The molecule has 0 spiro atoms. The number of carbonyl (C=O) groups excluding carboxylic acids is 1. The number of nitrogens with zero attached hydrogens (tertiary/aromatic N) is 6. The van der Waals surface area contributed by atoms with E-state index < -0.39 is 0 Å². The third-order valence-corrected chi connectivity index (χ3v) is 4.23. The SMILES string of the molecule is Cc1nc(CN(C)C(=O)Cn2nc(C)n(CCc3ccccc3)c2=O)no1. The van der Waals surface area contributed by atoms with Crippen molar-refractivity contribution in [3.63, 3.8) is 0 Å². The highest BCUT2D eigenvalue weighted by Crippen LogP contribution is 2.03. The Labute approximate surface area is 156 Å². The van der Waals surface area contributed by atoms with Crippen LogP contribution in [0.5, 0.6) is 0 Å². The van der Waals surface area contributed by atoms with Crippen LogP contribution in [0, 0.1) is 13.8 Å². The van der Waals surface area contributed by atoms with Crippen LogP contribution in [-0.2, 0) is 30.8 Å². The van der Waals surface area contributed by atoms with Crippen molar-refractivity contribution in [1.29, 1.82) is 0 Å². The number of rotatable bonds is 7. The molecule has 0 aliphatic heterocycles. The summed E-state index contributed by atoms with van der Waals surface area (Å²) >= 11 is 0. The summed E-state index contributed by atoms with van der Waals surface area (Å²) in [6.45, 7) is 4.03. The van der Waals surface area contributed by atoms with Gasteiger partial charge in [-0.25, -0.2) is 9.48 Å². The molecule has 142 valence electrons. The Balaban J connectivity index is 1.64. The van der Waals surface area contributed by atoms with Crippen LogP contribution in [0.1, 0.15) is 23.1 Å². The summed E-state index contributed by atoms with van der Waals surface area (Å²) in [5.41, 5.74) is 0.850. The van der Waals surface area contributed by atoms with E-state index in [4.69, 9.17) is 4.52 Å². The van der Waals surface area contributed by atoms with Crippen molar-refractivity contribution in [1.82, 2.24) is 29.4 Å². The van der Waals surface area contributed by atoms with Gasteiger partial charge in [-0.1, -0.05) is 35.5 Å². The average molecular weight is 370 g/mol. The number of aryl methyl sites for hydroxylation is 3. The first-order chi connectivity index (χ1) is 12.9. The summed E-state index contributed by atoms with van der Waals surface area (Å²) in [7, 11) is 1.62. The minimum absolute atomic E-state index is 0.134. The normalized spacial score (nSPS) is 10.9. The molecule has 1 amide bonds. The highest BCUT2D eigenvalue weighted by Gasteiger charge is 2.17. The van der Waals surface area contributed by atoms with Crippen molar-refractivity contribution in [2.24, 2.45) is 0 Å². The molecule has 1 aromatic carbocycles. The van der Waals surface area contributed by atoms with E-state index in [1.807, 2.05) is 30.3 Å². The smallest absolute Gasteiger partial charge is 0.340 e. The fourth-order valence-electron chi connectivity index (χ4n) is 2.75. The number of hydrogen-bond acceptors (Lipinski definition) is 6. The fourth-order valence-corrected chi connectivity index (χ4v) is 2.75. The molecule has 0 N–H and O–H groups in total. The first kappa shape index (κ1) is 18.6. The summed E-state index contributed by atoms with van der Waals surface area (Å²) in [5.74, 6) is 1.18. The summed E-state index contributed by atoms with van der Waals surface area (Å²) < 4.78 is 7.68. The van der Waals surface area contributed by atoms with Crippen molar-refractivity contribution in [3.05, 3.63) is 63.9 Å². The van der Waals surface area contributed by atoms with Crippen molar-refractivity contribution in [2.75, 3.05) is 7.05 Å². The van der Waals surface area contributed by atoms with Crippen molar-refractivity contribution < 1.29 is 9.32 Å². The largest absolute Gasteiger partial charge is 0.346 e. The van der Waals surface area contributed by atoms with Gasteiger partial charge in [0.2, 0.25) is 11.8 Å². The molecule has 27 heavy (non-hydrogen) atoms. The van der Waals surface area contributed by atoms with Crippen molar-refractivity contribution in [2.45, 2.75) is 39.9 Å². The van der Waals surface area contributed by atoms with Crippen LogP contribution in [0.4, 0.5) is 0 Å². The number of likely N-dealkylation sites (N-methyl/N-ethyl adjacent to an activating group) is 1. The monoisotopic (exact) mass is 370 g/mol. The second-order valence-electron chi connectivity index (χ2n) is 6.35. The molecule has 0 bridgehead atoms. The molecule has 0 fully saturated rings. The van der Waals surface area contributed by atoms with Gasteiger partial charge in [0.15, 0.2) is 5.82 Å². The second-order valence-corrected chi connectivity index (χ2v) is 6.35. The highest BCUT2D eigenvalue weighted by molar-refractivity contribution is 5.75. The molecular weight excluding hydrogens is 348 g/mol. The molecule has 0 saturated carbocycles. The predicted molar refractivity (Wildman–Crippen MR) is 96.9 cm³/mol. The maximum Gasteiger partial charge on any atom is 0.346 e. The first-order valence-electron chi connectivity index (χ1n) is 8.65. The summed E-state index contributed by atoms with van der Waals surface area (Å²) in [5, 5.41) is 7.99. The predicted octanol–water partition coefficient (Wildman–Crippen LogP) is 0.946. The van der Waals surface area contributed by atoms with E-state index in [1.54, 1.807) is 25.5 Å². The number of aromatic nitrogens is 5. The van der Waals surface area contributed by atoms with E-state index in [-0.39, 0.29) is 24.7 Å². The van der Waals surface area contributed by atoms with Crippen LogP contribution >= 0.6 is 0 Å². The van der Waals surface area contributed by atoms with Gasteiger partial charge < -0.3 is 9.42 Å². The second kappa shape index (κ2) is 7.98. The van der Waals surface area contributed by atoms with E-state index in [0.29, 0.717) is 24.1 Å². The topological polar surface area (TPSA) is 99.1 Å². The Morgan fingerprint density at radius 2 is 1.96 bits per heavy atom. The summed E-state index contributed by atoms with van der Waals surface area (Å²) in [6.07, 6.45) is 0.721. The summed E-state index contributed by atoms with van der Waals surface area (Å²) in [6, 6.07) is 9.92. The molecule has 0 unspecified atom stereocenters. The molecule has 0 atom stereocenters. The lowest BCUT2D eigenvalue weighted by Crippen LogP contribution is -2.35. The van der Waals surface area contributed by atoms with Crippen LogP contribution < -0.4 is 5.69 Å². The Morgan fingerprint density at radius 3 is 2.63 bits per heavy atom. The Hall–Kier alpha value is -3.23. The third kappa shape index (κ3) is 4.49. The van der Waals surface area contributed by atoms with Crippen LogP contribution in [0.15, 0.2) is 39.6 Å². The molecule has 0 radical (unpaired) electrons. The number of hydrogen-bond donors (Lipinski definition) is 0. The Kier molecular flexibility index (Phi) is 5.49. The molecule has 3 aromatic rings. The van der Waals surface area contributed by atoms with Crippen LogP contribution in [-0.4, -0.2) is 42.3 Å². The van der Waals surface area contributed by atoms with Gasteiger partial charge in [0.25, 0.3) is 0 Å². The Morgan fingerprint density at radius 1 is 1.22 bits per heavy atom. The Bertz CT molecular complexity index is 973. The quantitative estimate of drug-likeness (QED) is 0.614. The summed E-state index contributed by atoms with van der Waals surface area (Å²) in [4.78, 5) is 30.5. The van der Waals surface area contributed by atoms with Gasteiger partial charge in [-0.3, -0.25) is 9.36 Å². The molecular formula is C18H22N6O3. The zero-order valence-corrected chi connectivity index (χ0v) is 15.6. The zero-order chi connectivity index (χ0) is 19.4. The van der Waals surface area contributed by atoms with E-state index >= 15 is 0 Å². The maximum absolute atomic E-state index is 12.6. The van der Waals surface area contributed by atoms with E-state index in [1.165, 1.54) is 9.58 Å². The third-order valence-electron chi connectivity index (χ3n) is 4.23. The lowest BCUT2D eigenvalue weighted by atomic mass is 10.1. The number of amides is 1. The fraction of sp³-hybridized carbons (Fsp3) is 0.389. The van der Waals surface area contributed by atoms with Gasteiger partial charge in [0.05, 0.1) is 6.54 Å². The lowest BCUT2D eigenvalue weighted by molar-refractivity contribution is -0.131. The minimum Gasteiger partial charge on any atom is -0.340 e. The zero-order valence-electron chi connectivity index (χ0n) is 15.6. The van der Waals surface area contributed by atoms with Crippen LogP contribution in [0.3, 0.4) is 0 Å². The lowest BCUT2D eigenvalue weighted by Gasteiger charge is -2.14. The van der Waals surface area contributed by atoms with E-state index in [2.05, 4.69) is 15.2 Å². The van der Waals surface area contributed by atoms with E-state index in [9.17, 15) is 9.59 Å². The first-order valence-corrected chi connectivity index (χ1v) is 8.65. The number of benzene rings is 1. The molecule has 0 aliphatic rings. The van der Waals surface area contributed by atoms with Crippen LogP contribution in [0.2, 0.25) is 0 Å². The minimum atomic E-state index is -0.291. The van der Waals surface area contributed by atoms with Gasteiger partial charge in [-0.2, -0.15) is 10.1 Å². The van der Waals surface area contributed by atoms with Crippen molar-refractivity contribution in [3.8, 4) is 0 Å². The molecule has 0 saturated heterocycles. The van der Waals surface area contributed by atoms with Gasteiger partial charge >= 0.3 is 5.69 Å². The number of carbonyl (C=O) groups is 1. The molecule has 3 rings (SSSR count). The molecule has 9 nitrogen and oxygen atoms in total. The molecule has 9 heteroatoms. The van der Waals surface area contributed by atoms with Crippen molar-refractivity contribution >= 4 is 5.91 Å². The van der Waals surface area contributed by atoms with Gasteiger partial charge in [0.1, 0.15) is 12.4 Å². The average Bonchev–Trinajstić information content (AvgIpc) is 3.17. The van der Waals surface area contributed by atoms with E-state index in [0.717, 1.165) is 12.0 Å². The standard InChI is InChI=1S/C18H22N6O3/c1-13-20-24(12-17(25)22(3)11-16-19-14(2)27-21-16)18(26)23(13)10-9-15-7-5-4-6-8-15/h4-8H,9-12H2,1-3H3. The van der Waals surface area contributed by atoms with Gasteiger partial charge in [-0.05, 0) is 18.9 Å². The maximum atomic E-state index is 12.6.